The molecule has 1 fully saturated rings. The number of piperidine rings is 1. The van der Waals surface area contributed by atoms with Gasteiger partial charge in [0.15, 0.2) is 0 Å². The molecule has 1 aromatic heterocycles. The number of nitrogens with one attached hydrogen (secondary N) is 1. The normalized spacial score (nSPS) is 18.9. The molecule has 2 heterocycles. The second kappa shape index (κ2) is 7.36. The van der Waals surface area contributed by atoms with E-state index in [9.17, 15) is 4.79 Å². The third kappa shape index (κ3) is 4.07. The maximum atomic E-state index is 12.8. The predicted octanol–water partition coefficient (Wildman–Crippen LogP) is 4.09. The van der Waals surface area contributed by atoms with Crippen LogP contribution in [0.1, 0.15) is 55.2 Å². The number of aromatic nitrogens is 1. The topological polar surface area (TPSA) is 45.2 Å². The molecule has 140 valence electrons. The molecular weight excluding hydrogens is 322 g/mol. The Morgan fingerprint density at radius 3 is 2.81 bits per heavy atom. The summed E-state index contributed by atoms with van der Waals surface area (Å²) in [5, 5.41) is 4.17. The van der Waals surface area contributed by atoms with E-state index >= 15 is 0 Å². The average Bonchev–Trinajstić information content (AvgIpc) is 2.59. The largest absolute Gasteiger partial charge is 0.350 e. The average molecular weight is 354 g/mol. The number of carbonyl (C=O) groups is 1. The van der Waals surface area contributed by atoms with Crippen molar-refractivity contribution in [2.75, 3.05) is 19.6 Å². The zero-order valence-corrected chi connectivity index (χ0v) is 16.7. The maximum absolute atomic E-state index is 12.8. The lowest BCUT2D eigenvalue weighted by atomic mass is 9.93. The summed E-state index contributed by atoms with van der Waals surface area (Å²) in [4.78, 5) is 19.9. The zero-order chi connectivity index (χ0) is 18.9. The maximum Gasteiger partial charge on any atom is 0.253 e. The summed E-state index contributed by atoms with van der Waals surface area (Å²) in [7, 11) is 0. The lowest BCUT2D eigenvalue weighted by molar-refractivity contribution is 0.0657. The highest BCUT2D eigenvalue weighted by Gasteiger charge is 2.30. The molecule has 0 aliphatic carbocycles. The standard InChI is InChI=1S/C22H31N3O/c1-15-8-9-20-18(11-15)12-19(17(3)24-20)21(26)23-14-22(4,5)25-10-6-7-16(2)13-25/h8-9,11-12,16H,6-7,10,13-14H2,1-5H3,(H,23,26). The molecule has 26 heavy (non-hydrogen) atoms. The van der Waals surface area contributed by atoms with Crippen LogP contribution in [-0.4, -0.2) is 41.0 Å². The van der Waals surface area contributed by atoms with Crippen molar-refractivity contribution in [1.82, 2.24) is 15.2 Å². The Morgan fingerprint density at radius 1 is 1.31 bits per heavy atom. The Balaban J connectivity index is 1.73. The molecule has 0 bridgehead atoms. The highest BCUT2D eigenvalue weighted by molar-refractivity contribution is 5.98. The summed E-state index contributed by atoms with van der Waals surface area (Å²) in [5.41, 5.74) is 3.52. The number of benzene rings is 1. The number of hydrogen-bond donors (Lipinski definition) is 1. The van der Waals surface area contributed by atoms with Crippen LogP contribution >= 0.6 is 0 Å². The van der Waals surface area contributed by atoms with Crippen LogP contribution in [0.4, 0.5) is 0 Å². The van der Waals surface area contributed by atoms with Gasteiger partial charge in [-0.2, -0.15) is 0 Å². The van der Waals surface area contributed by atoms with E-state index in [-0.39, 0.29) is 11.4 Å². The van der Waals surface area contributed by atoms with Crippen molar-refractivity contribution in [2.24, 2.45) is 5.92 Å². The van der Waals surface area contributed by atoms with Crippen molar-refractivity contribution in [3.63, 3.8) is 0 Å². The number of carbonyl (C=O) groups excluding carboxylic acids is 1. The van der Waals surface area contributed by atoms with E-state index < -0.39 is 0 Å². The van der Waals surface area contributed by atoms with E-state index in [0.717, 1.165) is 35.6 Å². The quantitative estimate of drug-likeness (QED) is 0.900. The molecular formula is C22H31N3O. The van der Waals surface area contributed by atoms with Gasteiger partial charge in [-0.15, -0.1) is 0 Å². The van der Waals surface area contributed by atoms with Gasteiger partial charge in [-0.1, -0.05) is 18.6 Å². The second-order valence-corrected chi connectivity index (χ2v) is 8.51. The lowest BCUT2D eigenvalue weighted by Crippen LogP contribution is -2.54. The summed E-state index contributed by atoms with van der Waals surface area (Å²) in [6.45, 7) is 13.6. The van der Waals surface area contributed by atoms with Gasteiger partial charge >= 0.3 is 0 Å². The van der Waals surface area contributed by atoms with E-state index in [1.54, 1.807) is 0 Å². The van der Waals surface area contributed by atoms with E-state index in [4.69, 9.17) is 0 Å². The number of fused-ring (bicyclic) bond motifs is 1. The monoisotopic (exact) mass is 353 g/mol. The Labute approximate surface area is 157 Å². The molecule has 1 atom stereocenters. The van der Waals surface area contributed by atoms with E-state index in [1.165, 1.54) is 18.4 Å². The molecule has 4 nitrogen and oxygen atoms in total. The zero-order valence-electron chi connectivity index (χ0n) is 16.7. The molecule has 1 saturated heterocycles. The van der Waals surface area contributed by atoms with E-state index in [0.29, 0.717) is 12.1 Å². The molecule has 1 aromatic carbocycles. The fraction of sp³-hybridized carbons (Fsp3) is 0.545. The number of nitrogens with zero attached hydrogens (tertiary/aromatic N) is 2. The second-order valence-electron chi connectivity index (χ2n) is 8.51. The minimum atomic E-state index is -0.0425. The molecule has 1 amide bonds. The predicted molar refractivity (Wildman–Crippen MR) is 108 cm³/mol. The van der Waals surface area contributed by atoms with Crippen LogP contribution in [-0.2, 0) is 0 Å². The summed E-state index contributed by atoms with van der Waals surface area (Å²) in [6, 6.07) is 8.12. The molecule has 0 spiro atoms. The number of pyridine rings is 1. The van der Waals surface area contributed by atoms with Gasteiger partial charge in [0.2, 0.25) is 0 Å². The molecule has 1 aliphatic rings. The summed E-state index contributed by atoms with van der Waals surface area (Å²) >= 11 is 0. The Bertz CT molecular complexity index is 812. The van der Waals surface area contributed by atoms with Crippen LogP contribution in [0.3, 0.4) is 0 Å². The highest BCUT2D eigenvalue weighted by Crippen LogP contribution is 2.24. The van der Waals surface area contributed by atoms with Crippen molar-refractivity contribution in [1.29, 1.82) is 0 Å². The van der Waals surface area contributed by atoms with Crippen molar-refractivity contribution in [2.45, 2.75) is 53.0 Å². The summed E-state index contributed by atoms with van der Waals surface area (Å²) in [6.07, 6.45) is 2.55. The van der Waals surface area contributed by atoms with Gasteiger partial charge in [0.05, 0.1) is 16.8 Å². The van der Waals surface area contributed by atoms with Crippen LogP contribution in [0.15, 0.2) is 24.3 Å². The lowest BCUT2D eigenvalue weighted by Gasteiger charge is -2.43. The van der Waals surface area contributed by atoms with Crippen LogP contribution in [0, 0.1) is 19.8 Å². The first kappa shape index (κ1) is 18.8. The van der Waals surface area contributed by atoms with E-state index in [1.807, 2.05) is 19.1 Å². The van der Waals surface area contributed by atoms with Crippen LogP contribution < -0.4 is 5.32 Å². The minimum absolute atomic E-state index is 0.0310. The van der Waals surface area contributed by atoms with Crippen molar-refractivity contribution in [3.05, 3.63) is 41.1 Å². The summed E-state index contributed by atoms with van der Waals surface area (Å²) < 4.78 is 0. The van der Waals surface area contributed by atoms with Crippen molar-refractivity contribution in [3.8, 4) is 0 Å². The van der Waals surface area contributed by atoms with Gasteiger partial charge in [-0.05, 0) is 71.2 Å². The smallest absolute Gasteiger partial charge is 0.253 e. The molecule has 0 radical (unpaired) electrons. The third-order valence-electron chi connectivity index (χ3n) is 5.60. The molecule has 2 aromatic rings. The summed E-state index contributed by atoms with van der Waals surface area (Å²) in [5.74, 6) is 0.699. The molecule has 0 saturated carbocycles. The van der Waals surface area contributed by atoms with Crippen LogP contribution in [0.25, 0.3) is 10.9 Å². The highest BCUT2D eigenvalue weighted by atomic mass is 16.1. The molecule has 1 N–H and O–H groups in total. The van der Waals surface area contributed by atoms with Gasteiger partial charge in [-0.25, -0.2) is 0 Å². The minimum Gasteiger partial charge on any atom is -0.350 e. The number of amides is 1. The third-order valence-corrected chi connectivity index (χ3v) is 5.60. The first-order valence-electron chi connectivity index (χ1n) is 9.67. The molecule has 1 unspecified atom stereocenters. The van der Waals surface area contributed by atoms with Gasteiger partial charge in [0.1, 0.15) is 0 Å². The molecule has 1 aliphatic heterocycles. The molecule has 4 heteroatoms. The van der Waals surface area contributed by atoms with Gasteiger partial charge < -0.3 is 5.32 Å². The van der Waals surface area contributed by atoms with Crippen molar-refractivity contribution < 1.29 is 4.79 Å². The van der Waals surface area contributed by atoms with Gasteiger partial charge in [0, 0.05) is 24.0 Å². The fourth-order valence-corrected chi connectivity index (χ4v) is 3.86. The van der Waals surface area contributed by atoms with Crippen LogP contribution in [0.5, 0.6) is 0 Å². The number of likely N-dealkylation sites (tertiary alicyclic amines) is 1. The number of hydrogen-bond acceptors (Lipinski definition) is 3. The fourth-order valence-electron chi connectivity index (χ4n) is 3.86. The van der Waals surface area contributed by atoms with Crippen LogP contribution in [0.2, 0.25) is 0 Å². The van der Waals surface area contributed by atoms with Crippen molar-refractivity contribution >= 4 is 16.8 Å². The van der Waals surface area contributed by atoms with Gasteiger partial charge in [0.25, 0.3) is 5.91 Å². The first-order chi connectivity index (χ1) is 12.3. The molecule has 3 rings (SSSR count). The Hall–Kier alpha value is -1.94. The number of rotatable bonds is 4. The Morgan fingerprint density at radius 2 is 2.08 bits per heavy atom. The SMILES string of the molecule is Cc1ccc2nc(C)c(C(=O)NCC(C)(C)N3CCCC(C)C3)cc2c1. The number of aryl methyl sites for hydroxylation is 2. The first-order valence-corrected chi connectivity index (χ1v) is 9.67. The van der Waals surface area contributed by atoms with Gasteiger partial charge in [-0.3, -0.25) is 14.7 Å². The Kier molecular flexibility index (Phi) is 5.33. The van der Waals surface area contributed by atoms with E-state index in [2.05, 4.69) is 55.0 Å².